The SMILES string of the molecule is COCc1nn(C[C@H]2CCCCO2)c(=O)o1. The summed E-state index contributed by atoms with van der Waals surface area (Å²) in [5.41, 5.74) is 0. The Labute approximate surface area is 93.1 Å². The maximum atomic E-state index is 11.4. The molecule has 1 fully saturated rings. The molecule has 1 atom stereocenters. The van der Waals surface area contributed by atoms with Crippen molar-refractivity contribution in [2.75, 3.05) is 13.7 Å². The van der Waals surface area contributed by atoms with Crippen LogP contribution in [0.25, 0.3) is 0 Å². The number of rotatable bonds is 4. The zero-order valence-corrected chi connectivity index (χ0v) is 9.35. The summed E-state index contributed by atoms with van der Waals surface area (Å²) in [6.45, 7) is 1.45. The van der Waals surface area contributed by atoms with Gasteiger partial charge in [0.2, 0.25) is 5.89 Å². The van der Waals surface area contributed by atoms with E-state index in [0.717, 1.165) is 25.9 Å². The third-order valence-corrected chi connectivity index (χ3v) is 2.57. The third-order valence-electron chi connectivity index (χ3n) is 2.57. The standard InChI is InChI=1S/C10H16N2O4/c1-14-7-9-11-12(10(13)16-9)6-8-4-2-3-5-15-8/h8H,2-7H2,1H3/t8-/m1/s1. The first kappa shape index (κ1) is 11.3. The topological polar surface area (TPSA) is 66.5 Å². The highest BCUT2D eigenvalue weighted by Crippen LogP contribution is 2.13. The van der Waals surface area contributed by atoms with E-state index in [1.165, 1.54) is 11.8 Å². The predicted molar refractivity (Wildman–Crippen MR) is 55.1 cm³/mol. The molecular weight excluding hydrogens is 212 g/mol. The zero-order chi connectivity index (χ0) is 11.4. The van der Waals surface area contributed by atoms with Gasteiger partial charge in [-0.05, 0) is 19.3 Å². The maximum absolute atomic E-state index is 11.4. The average molecular weight is 228 g/mol. The molecule has 0 spiro atoms. The van der Waals surface area contributed by atoms with E-state index in [4.69, 9.17) is 13.9 Å². The Kier molecular flexibility index (Phi) is 3.74. The molecule has 0 unspecified atom stereocenters. The summed E-state index contributed by atoms with van der Waals surface area (Å²) in [7, 11) is 1.53. The van der Waals surface area contributed by atoms with Gasteiger partial charge in [-0.25, -0.2) is 4.79 Å². The number of ether oxygens (including phenoxy) is 2. The van der Waals surface area contributed by atoms with E-state index in [1.807, 2.05) is 0 Å². The smallest absolute Gasteiger partial charge is 0.390 e. The molecule has 0 aliphatic carbocycles. The van der Waals surface area contributed by atoms with Gasteiger partial charge in [0.25, 0.3) is 0 Å². The molecule has 2 rings (SSSR count). The Hall–Kier alpha value is -1.14. The highest BCUT2D eigenvalue weighted by Gasteiger charge is 2.17. The van der Waals surface area contributed by atoms with Gasteiger partial charge in [-0.1, -0.05) is 0 Å². The Morgan fingerprint density at radius 3 is 3.12 bits per heavy atom. The Bertz CT molecular complexity index is 378. The highest BCUT2D eigenvalue weighted by atomic mass is 16.5. The van der Waals surface area contributed by atoms with E-state index in [9.17, 15) is 4.79 Å². The van der Waals surface area contributed by atoms with Crippen LogP contribution in [0.4, 0.5) is 0 Å². The summed E-state index contributed by atoms with van der Waals surface area (Å²) in [6, 6.07) is 0. The van der Waals surface area contributed by atoms with E-state index < -0.39 is 5.76 Å². The fourth-order valence-electron chi connectivity index (χ4n) is 1.79. The lowest BCUT2D eigenvalue weighted by Crippen LogP contribution is -2.29. The minimum atomic E-state index is -0.443. The maximum Gasteiger partial charge on any atom is 0.437 e. The molecule has 1 aliphatic heterocycles. The third kappa shape index (κ3) is 2.70. The number of hydrogen-bond donors (Lipinski definition) is 0. The quantitative estimate of drug-likeness (QED) is 0.753. The van der Waals surface area contributed by atoms with Crippen molar-refractivity contribution in [2.45, 2.75) is 38.5 Å². The molecule has 0 amide bonds. The van der Waals surface area contributed by atoms with E-state index in [-0.39, 0.29) is 12.7 Å². The summed E-state index contributed by atoms with van der Waals surface area (Å²) in [5, 5.41) is 4.03. The van der Waals surface area contributed by atoms with Crippen molar-refractivity contribution < 1.29 is 13.9 Å². The monoisotopic (exact) mass is 228 g/mol. The Morgan fingerprint density at radius 2 is 2.44 bits per heavy atom. The molecule has 2 heterocycles. The van der Waals surface area contributed by atoms with Gasteiger partial charge in [-0.2, -0.15) is 4.68 Å². The second-order valence-corrected chi connectivity index (χ2v) is 3.87. The molecule has 1 saturated heterocycles. The molecule has 1 aliphatic rings. The minimum Gasteiger partial charge on any atom is -0.390 e. The van der Waals surface area contributed by atoms with Gasteiger partial charge in [0.05, 0.1) is 12.6 Å². The highest BCUT2D eigenvalue weighted by molar-refractivity contribution is 4.73. The van der Waals surface area contributed by atoms with E-state index in [1.54, 1.807) is 0 Å². The second-order valence-electron chi connectivity index (χ2n) is 3.87. The van der Waals surface area contributed by atoms with Crippen LogP contribution in [-0.2, 0) is 22.6 Å². The first-order valence-corrected chi connectivity index (χ1v) is 5.47. The van der Waals surface area contributed by atoms with Crippen LogP contribution in [0.2, 0.25) is 0 Å². The lowest BCUT2D eigenvalue weighted by atomic mass is 10.1. The van der Waals surface area contributed by atoms with Crippen molar-refractivity contribution >= 4 is 0 Å². The van der Waals surface area contributed by atoms with Crippen molar-refractivity contribution in [3.63, 3.8) is 0 Å². The van der Waals surface area contributed by atoms with Gasteiger partial charge in [0.15, 0.2) is 0 Å². The molecule has 16 heavy (non-hydrogen) atoms. The van der Waals surface area contributed by atoms with Crippen molar-refractivity contribution in [3.05, 3.63) is 16.4 Å². The number of nitrogens with zero attached hydrogens (tertiary/aromatic N) is 2. The molecule has 1 aromatic heterocycles. The fourth-order valence-corrected chi connectivity index (χ4v) is 1.79. The normalized spacial score (nSPS) is 21.2. The Balaban J connectivity index is 1.99. The van der Waals surface area contributed by atoms with Crippen LogP contribution in [0, 0.1) is 0 Å². The number of hydrogen-bond acceptors (Lipinski definition) is 5. The second kappa shape index (κ2) is 5.27. The summed E-state index contributed by atoms with van der Waals surface area (Å²) in [5.74, 6) is -0.135. The molecular formula is C10H16N2O4. The molecule has 0 saturated carbocycles. The summed E-state index contributed by atoms with van der Waals surface area (Å²) in [6.07, 6.45) is 3.28. The molecule has 0 aromatic carbocycles. The van der Waals surface area contributed by atoms with E-state index in [0.29, 0.717) is 12.4 Å². The lowest BCUT2D eigenvalue weighted by Gasteiger charge is -2.21. The van der Waals surface area contributed by atoms with Gasteiger partial charge >= 0.3 is 5.76 Å². The molecule has 0 N–H and O–H groups in total. The van der Waals surface area contributed by atoms with E-state index in [2.05, 4.69) is 5.10 Å². The van der Waals surface area contributed by atoms with E-state index >= 15 is 0 Å². The largest absolute Gasteiger partial charge is 0.437 e. The zero-order valence-electron chi connectivity index (χ0n) is 9.35. The first-order valence-electron chi connectivity index (χ1n) is 5.47. The van der Waals surface area contributed by atoms with Crippen molar-refractivity contribution in [3.8, 4) is 0 Å². The van der Waals surface area contributed by atoms with Crippen LogP contribution < -0.4 is 5.76 Å². The van der Waals surface area contributed by atoms with Crippen LogP contribution in [0.5, 0.6) is 0 Å². The summed E-state index contributed by atoms with van der Waals surface area (Å²) in [4.78, 5) is 11.4. The number of methoxy groups -OCH3 is 1. The van der Waals surface area contributed by atoms with Crippen molar-refractivity contribution in [1.29, 1.82) is 0 Å². The molecule has 90 valence electrons. The Morgan fingerprint density at radius 1 is 1.56 bits per heavy atom. The number of aromatic nitrogens is 2. The fraction of sp³-hybridized carbons (Fsp3) is 0.800. The molecule has 6 nitrogen and oxygen atoms in total. The molecule has 0 radical (unpaired) electrons. The van der Waals surface area contributed by atoms with Gasteiger partial charge < -0.3 is 13.9 Å². The predicted octanol–water partition coefficient (Wildman–Crippen LogP) is 0.552. The average Bonchev–Trinajstić information content (AvgIpc) is 2.61. The lowest BCUT2D eigenvalue weighted by molar-refractivity contribution is 0.00291. The first-order chi connectivity index (χ1) is 7.79. The molecule has 1 aromatic rings. The van der Waals surface area contributed by atoms with Gasteiger partial charge in [-0.3, -0.25) is 0 Å². The van der Waals surface area contributed by atoms with Crippen molar-refractivity contribution in [1.82, 2.24) is 9.78 Å². The summed E-state index contributed by atoms with van der Waals surface area (Å²) < 4.78 is 16.6. The van der Waals surface area contributed by atoms with Gasteiger partial charge in [0, 0.05) is 13.7 Å². The van der Waals surface area contributed by atoms with Gasteiger partial charge in [0.1, 0.15) is 6.61 Å². The minimum absolute atomic E-state index is 0.0759. The summed E-state index contributed by atoms with van der Waals surface area (Å²) >= 11 is 0. The van der Waals surface area contributed by atoms with Gasteiger partial charge in [-0.15, -0.1) is 5.10 Å². The van der Waals surface area contributed by atoms with Crippen molar-refractivity contribution in [2.24, 2.45) is 0 Å². The molecule has 6 heteroatoms. The van der Waals surface area contributed by atoms with Crippen LogP contribution in [0.3, 0.4) is 0 Å². The van der Waals surface area contributed by atoms with Crippen LogP contribution in [-0.4, -0.2) is 29.6 Å². The van der Waals surface area contributed by atoms with Crippen LogP contribution in [0.1, 0.15) is 25.2 Å². The van der Waals surface area contributed by atoms with Crippen LogP contribution in [0.15, 0.2) is 9.21 Å². The van der Waals surface area contributed by atoms with Crippen LogP contribution >= 0.6 is 0 Å². The molecule has 0 bridgehead atoms.